The first kappa shape index (κ1) is 26.8. The van der Waals surface area contributed by atoms with Gasteiger partial charge in [0.25, 0.3) is 0 Å². The normalized spacial score (nSPS) is 14.1. The molecule has 1 N–H and O–H groups in total. The Labute approximate surface area is 214 Å². The van der Waals surface area contributed by atoms with Crippen molar-refractivity contribution >= 4 is 23.0 Å². The number of carbonyl (C=O) groups excluding carboxylic acids is 2. The fraction of sp³-hybridized carbons (Fsp3) is 0.346. The molecule has 2 aromatic carbocycles. The highest BCUT2D eigenvalue weighted by atomic mass is 19.4. The van der Waals surface area contributed by atoms with E-state index in [1.165, 1.54) is 37.3 Å². The average Bonchev–Trinajstić information content (AvgIpc) is 2.81. The summed E-state index contributed by atoms with van der Waals surface area (Å²) in [5.74, 6) is -2.07. The lowest BCUT2D eigenvalue weighted by molar-refractivity contribution is -0.152. The fourth-order valence-electron chi connectivity index (χ4n) is 3.65. The van der Waals surface area contributed by atoms with Crippen molar-refractivity contribution in [3.8, 4) is 28.4 Å². The molecule has 12 heteroatoms. The quantitative estimate of drug-likeness (QED) is 0.364. The van der Waals surface area contributed by atoms with E-state index in [1.807, 2.05) is 0 Å². The van der Waals surface area contributed by atoms with Gasteiger partial charge in [0, 0.05) is 6.07 Å². The molecule has 202 valence electrons. The van der Waals surface area contributed by atoms with Crippen LogP contribution in [0.5, 0.6) is 17.2 Å². The monoisotopic (exact) mass is 535 g/mol. The van der Waals surface area contributed by atoms with Gasteiger partial charge in [-0.25, -0.2) is 9.59 Å². The number of nitrogens with one attached hydrogen (secondary N) is 1. The predicted molar refractivity (Wildman–Crippen MR) is 128 cm³/mol. The van der Waals surface area contributed by atoms with Crippen LogP contribution in [0, 0.1) is 0 Å². The third-order valence-electron chi connectivity index (χ3n) is 5.26. The van der Waals surface area contributed by atoms with E-state index in [1.54, 1.807) is 20.8 Å². The van der Waals surface area contributed by atoms with Crippen molar-refractivity contribution in [3.63, 3.8) is 0 Å². The van der Waals surface area contributed by atoms with E-state index < -0.39 is 52.2 Å². The van der Waals surface area contributed by atoms with Crippen LogP contribution in [-0.2, 0) is 15.7 Å². The summed E-state index contributed by atoms with van der Waals surface area (Å²) in [6.07, 6.45) is -5.87. The van der Waals surface area contributed by atoms with E-state index in [9.17, 15) is 27.6 Å². The van der Waals surface area contributed by atoms with Crippen molar-refractivity contribution in [3.05, 3.63) is 52.4 Å². The first-order valence-corrected chi connectivity index (χ1v) is 11.5. The van der Waals surface area contributed by atoms with Gasteiger partial charge in [0.05, 0.1) is 10.9 Å². The first-order chi connectivity index (χ1) is 17.7. The van der Waals surface area contributed by atoms with Gasteiger partial charge in [0.15, 0.2) is 11.5 Å². The number of fused-ring (bicyclic) bond motifs is 2. The number of carbonyl (C=O) groups is 2. The lowest BCUT2D eigenvalue weighted by atomic mass is 10.0. The highest BCUT2D eigenvalue weighted by Gasteiger charge is 2.39. The van der Waals surface area contributed by atoms with E-state index in [2.05, 4.69) is 5.32 Å². The molecule has 0 fully saturated rings. The average molecular weight is 535 g/mol. The molecule has 0 bridgehead atoms. The van der Waals surface area contributed by atoms with Gasteiger partial charge in [-0.1, -0.05) is 6.07 Å². The molecule has 38 heavy (non-hydrogen) atoms. The van der Waals surface area contributed by atoms with Gasteiger partial charge in [0.2, 0.25) is 11.2 Å². The number of rotatable bonds is 4. The van der Waals surface area contributed by atoms with Gasteiger partial charge in [-0.2, -0.15) is 13.2 Å². The fourth-order valence-corrected chi connectivity index (χ4v) is 3.65. The minimum atomic E-state index is -5.02. The number of amides is 1. The van der Waals surface area contributed by atoms with E-state index in [0.29, 0.717) is 12.4 Å². The summed E-state index contributed by atoms with van der Waals surface area (Å²) >= 11 is 0. The maximum atomic E-state index is 14.0. The highest BCUT2D eigenvalue weighted by molar-refractivity contribution is 5.86. The summed E-state index contributed by atoms with van der Waals surface area (Å²) in [7, 11) is 0. The molecule has 3 aromatic rings. The lowest BCUT2D eigenvalue weighted by Crippen LogP contribution is -2.43. The van der Waals surface area contributed by atoms with Crippen LogP contribution in [0.25, 0.3) is 22.1 Å². The Balaban J connectivity index is 1.67. The Morgan fingerprint density at radius 3 is 2.34 bits per heavy atom. The Hall–Kier alpha value is -4.22. The molecule has 2 heterocycles. The van der Waals surface area contributed by atoms with Crippen molar-refractivity contribution in [2.24, 2.45) is 0 Å². The largest absolute Gasteiger partial charge is 0.486 e. The van der Waals surface area contributed by atoms with Crippen LogP contribution in [0.15, 0.2) is 45.6 Å². The second-order valence-corrected chi connectivity index (χ2v) is 9.44. The van der Waals surface area contributed by atoms with E-state index in [0.717, 1.165) is 6.07 Å². The third-order valence-corrected chi connectivity index (χ3v) is 5.26. The van der Waals surface area contributed by atoms with Crippen LogP contribution < -0.4 is 25.0 Å². The summed E-state index contributed by atoms with van der Waals surface area (Å²) in [4.78, 5) is 37.5. The van der Waals surface area contributed by atoms with Gasteiger partial charge in [-0.05, 0) is 57.5 Å². The molecule has 0 radical (unpaired) electrons. The van der Waals surface area contributed by atoms with E-state index in [-0.39, 0.29) is 29.1 Å². The van der Waals surface area contributed by atoms with Crippen LogP contribution in [0.2, 0.25) is 0 Å². The molecule has 0 unspecified atom stereocenters. The van der Waals surface area contributed by atoms with Gasteiger partial charge in [-0.3, -0.25) is 4.79 Å². The maximum absolute atomic E-state index is 14.0. The molecule has 1 aliphatic heterocycles. The number of hydrogen-bond acceptors (Lipinski definition) is 8. The van der Waals surface area contributed by atoms with Gasteiger partial charge in [0.1, 0.15) is 36.2 Å². The lowest BCUT2D eigenvalue weighted by Gasteiger charge is -2.21. The van der Waals surface area contributed by atoms with Crippen LogP contribution in [-0.4, -0.2) is 36.9 Å². The standard InChI is InChI=1S/C26H24F3NO8/c1-13(30-24(33)38-25(2,3)4)23(32)36-15-6-7-16-18(12-15)37-22(26(27,28)29)20(21(16)31)14-5-8-17-19(11-14)35-10-9-34-17/h5-8,11-13H,9-10H2,1-4H3,(H,30,33)/t13-/m0/s1. The zero-order valence-corrected chi connectivity index (χ0v) is 20.9. The molecule has 1 aromatic heterocycles. The van der Waals surface area contributed by atoms with E-state index >= 15 is 0 Å². The number of ether oxygens (including phenoxy) is 4. The Kier molecular flexibility index (Phi) is 7.00. The van der Waals surface area contributed by atoms with Gasteiger partial charge in [-0.15, -0.1) is 0 Å². The molecule has 1 aliphatic rings. The Morgan fingerprint density at radius 1 is 1.00 bits per heavy atom. The summed E-state index contributed by atoms with van der Waals surface area (Å²) in [6, 6.07) is 6.30. The van der Waals surface area contributed by atoms with Crippen LogP contribution >= 0.6 is 0 Å². The number of alkyl halides is 3. The van der Waals surface area contributed by atoms with Crippen molar-refractivity contribution in [1.29, 1.82) is 0 Å². The number of esters is 1. The van der Waals surface area contributed by atoms with Crippen molar-refractivity contribution in [2.75, 3.05) is 13.2 Å². The molecule has 4 rings (SSSR count). The van der Waals surface area contributed by atoms with Crippen LogP contribution in [0.1, 0.15) is 33.5 Å². The molecule has 1 amide bonds. The smallest absolute Gasteiger partial charge is 0.450 e. The third kappa shape index (κ3) is 5.84. The molecule has 0 aliphatic carbocycles. The second-order valence-electron chi connectivity index (χ2n) is 9.44. The zero-order chi connectivity index (χ0) is 27.8. The highest BCUT2D eigenvalue weighted by Crippen LogP contribution is 2.40. The number of hydrogen-bond donors (Lipinski definition) is 1. The van der Waals surface area contributed by atoms with Crippen molar-refractivity contribution in [1.82, 2.24) is 5.32 Å². The second kappa shape index (κ2) is 9.92. The summed E-state index contributed by atoms with van der Waals surface area (Å²) in [5, 5.41) is 2.14. The zero-order valence-electron chi connectivity index (χ0n) is 20.9. The van der Waals surface area contributed by atoms with Crippen molar-refractivity contribution < 1.29 is 46.1 Å². The number of halogens is 3. The van der Waals surface area contributed by atoms with Gasteiger partial charge < -0.3 is 28.7 Å². The molecule has 9 nitrogen and oxygen atoms in total. The molecule has 0 saturated heterocycles. The summed E-state index contributed by atoms with van der Waals surface area (Å²) in [5.41, 5.74) is -2.93. The minimum Gasteiger partial charge on any atom is -0.486 e. The molecule has 0 saturated carbocycles. The van der Waals surface area contributed by atoms with Gasteiger partial charge >= 0.3 is 18.2 Å². The Morgan fingerprint density at radius 2 is 1.68 bits per heavy atom. The van der Waals surface area contributed by atoms with Crippen molar-refractivity contribution in [2.45, 2.75) is 45.5 Å². The predicted octanol–water partition coefficient (Wildman–Crippen LogP) is 5.07. The molecular formula is C26H24F3NO8. The topological polar surface area (TPSA) is 113 Å². The SMILES string of the molecule is C[C@H](NC(=O)OC(C)(C)C)C(=O)Oc1ccc2c(=O)c(-c3ccc4c(c3)OCCO4)c(C(F)(F)F)oc2c1. The maximum Gasteiger partial charge on any atom is 0.450 e. The number of benzene rings is 2. The molecule has 1 atom stereocenters. The summed E-state index contributed by atoms with van der Waals surface area (Å²) in [6.45, 7) is 6.78. The van der Waals surface area contributed by atoms with Crippen LogP contribution in [0.4, 0.5) is 18.0 Å². The molecule has 0 spiro atoms. The minimum absolute atomic E-state index is 0.0604. The molecular weight excluding hydrogens is 511 g/mol. The Bertz CT molecular complexity index is 1460. The van der Waals surface area contributed by atoms with Crippen LogP contribution in [0.3, 0.4) is 0 Å². The summed E-state index contributed by atoms with van der Waals surface area (Å²) < 4.78 is 68.3. The first-order valence-electron chi connectivity index (χ1n) is 11.5. The van der Waals surface area contributed by atoms with E-state index in [4.69, 9.17) is 23.4 Å². The number of alkyl carbamates (subject to hydrolysis) is 1.